The molecular weight excluding hydrogens is 250 g/mol. The molecule has 1 atom stereocenters. The second-order valence-electron chi connectivity index (χ2n) is 6.00. The Morgan fingerprint density at radius 3 is 2.70 bits per heavy atom. The maximum atomic E-state index is 11.6. The van der Waals surface area contributed by atoms with Gasteiger partial charge in [-0.1, -0.05) is 26.0 Å². The zero-order valence-electron chi connectivity index (χ0n) is 12.3. The lowest BCUT2D eigenvalue weighted by molar-refractivity contribution is 0.0601. The first-order valence-corrected chi connectivity index (χ1v) is 6.87. The number of carbonyl (C=O) groups is 1. The van der Waals surface area contributed by atoms with E-state index in [1.807, 2.05) is 18.2 Å². The fourth-order valence-electron chi connectivity index (χ4n) is 3.02. The molecule has 2 aromatic rings. The maximum Gasteiger partial charge on any atom is 0.337 e. The first kappa shape index (κ1) is 13.0. The van der Waals surface area contributed by atoms with Gasteiger partial charge in [-0.25, -0.2) is 4.79 Å². The van der Waals surface area contributed by atoms with Crippen molar-refractivity contribution in [2.45, 2.75) is 32.2 Å². The second kappa shape index (κ2) is 4.23. The minimum atomic E-state index is -0.293. The molecule has 0 saturated heterocycles. The molecule has 0 aliphatic carbocycles. The van der Waals surface area contributed by atoms with Crippen LogP contribution in [-0.4, -0.2) is 19.1 Å². The van der Waals surface area contributed by atoms with Gasteiger partial charge in [-0.15, -0.1) is 0 Å². The van der Waals surface area contributed by atoms with Gasteiger partial charge in [-0.05, 0) is 41.5 Å². The molecule has 0 aromatic heterocycles. The van der Waals surface area contributed by atoms with Crippen molar-refractivity contribution < 1.29 is 9.53 Å². The number of rotatable bonds is 1. The van der Waals surface area contributed by atoms with Crippen molar-refractivity contribution >= 4 is 22.4 Å². The van der Waals surface area contributed by atoms with Crippen molar-refractivity contribution in [2.24, 2.45) is 0 Å². The fourth-order valence-corrected chi connectivity index (χ4v) is 3.02. The van der Waals surface area contributed by atoms with E-state index in [0.717, 1.165) is 5.39 Å². The van der Waals surface area contributed by atoms with Crippen LogP contribution in [0.2, 0.25) is 0 Å². The number of carbonyl (C=O) groups excluding carboxylic acids is 1. The highest BCUT2D eigenvalue weighted by molar-refractivity contribution is 5.99. The summed E-state index contributed by atoms with van der Waals surface area (Å²) in [6.07, 6.45) is 0. The number of nitrogens with one attached hydrogen (secondary N) is 1. The predicted molar refractivity (Wildman–Crippen MR) is 81.4 cm³/mol. The van der Waals surface area contributed by atoms with Gasteiger partial charge in [-0.2, -0.15) is 0 Å². The van der Waals surface area contributed by atoms with Gasteiger partial charge in [0.2, 0.25) is 0 Å². The van der Waals surface area contributed by atoms with Crippen LogP contribution >= 0.6 is 0 Å². The van der Waals surface area contributed by atoms with E-state index in [-0.39, 0.29) is 11.4 Å². The molecule has 1 N–H and O–H groups in total. The Morgan fingerprint density at radius 2 is 2.00 bits per heavy atom. The maximum absolute atomic E-state index is 11.6. The molecule has 2 aromatic carbocycles. The zero-order chi connectivity index (χ0) is 14.5. The van der Waals surface area contributed by atoms with E-state index in [1.54, 1.807) is 0 Å². The molecule has 0 radical (unpaired) electrons. The number of hydrogen-bond donors (Lipinski definition) is 1. The predicted octanol–water partition coefficient (Wildman–Crippen LogP) is 3.72. The van der Waals surface area contributed by atoms with E-state index in [1.165, 1.54) is 23.7 Å². The van der Waals surface area contributed by atoms with Gasteiger partial charge < -0.3 is 10.1 Å². The third-order valence-electron chi connectivity index (χ3n) is 4.54. The minimum absolute atomic E-state index is 0.0711. The molecule has 0 amide bonds. The zero-order valence-corrected chi connectivity index (χ0v) is 12.3. The van der Waals surface area contributed by atoms with Gasteiger partial charge in [0.05, 0.1) is 12.7 Å². The van der Waals surface area contributed by atoms with E-state index >= 15 is 0 Å². The Kier molecular flexibility index (Phi) is 2.75. The van der Waals surface area contributed by atoms with E-state index in [0.29, 0.717) is 11.6 Å². The minimum Gasteiger partial charge on any atom is -0.465 e. The van der Waals surface area contributed by atoms with E-state index in [4.69, 9.17) is 4.74 Å². The van der Waals surface area contributed by atoms with Gasteiger partial charge in [0.1, 0.15) is 0 Å². The van der Waals surface area contributed by atoms with E-state index in [9.17, 15) is 4.79 Å². The van der Waals surface area contributed by atoms with Crippen molar-refractivity contribution in [2.75, 3.05) is 12.4 Å². The number of anilines is 1. The van der Waals surface area contributed by atoms with E-state index < -0.39 is 0 Å². The number of ether oxygens (including phenoxy) is 1. The van der Waals surface area contributed by atoms with Gasteiger partial charge in [0.25, 0.3) is 0 Å². The lowest BCUT2D eigenvalue weighted by atomic mass is 9.79. The second-order valence-corrected chi connectivity index (χ2v) is 6.00. The normalized spacial score (nSPS) is 19.5. The van der Waals surface area contributed by atoms with Crippen molar-refractivity contribution in [3.8, 4) is 0 Å². The van der Waals surface area contributed by atoms with Crippen LogP contribution in [0, 0.1) is 0 Å². The van der Waals surface area contributed by atoms with Gasteiger partial charge in [0, 0.05) is 17.1 Å². The topological polar surface area (TPSA) is 38.3 Å². The lowest BCUT2D eigenvalue weighted by Gasteiger charge is -2.25. The van der Waals surface area contributed by atoms with Crippen LogP contribution in [0.3, 0.4) is 0 Å². The highest BCUT2D eigenvalue weighted by Gasteiger charge is 2.37. The number of methoxy groups -OCH3 is 1. The SMILES string of the molecule is COC(=O)c1ccc2c3c(ccc2c1)NC(C)C3(C)C. The fraction of sp³-hybridized carbons (Fsp3) is 0.353. The Morgan fingerprint density at radius 1 is 1.25 bits per heavy atom. The molecular formula is C17H19NO2. The highest BCUT2D eigenvalue weighted by atomic mass is 16.5. The molecule has 0 bridgehead atoms. The summed E-state index contributed by atoms with van der Waals surface area (Å²) in [4.78, 5) is 11.6. The molecule has 3 heteroatoms. The summed E-state index contributed by atoms with van der Waals surface area (Å²) in [7, 11) is 1.41. The molecule has 20 heavy (non-hydrogen) atoms. The van der Waals surface area contributed by atoms with Gasteiger partial charge >= 0.3 is 5.97 Å². The summed E-state index contributed by atoms with van der Waals surface area (Å²) in [5.41, 5.74) is 3.19. The quantitative estimate of drug-likeness (QED) is 0.802. The largest absolute Gasteiger partial charge is 0.465 e. The molecule has 1 unspecified atom stereocenters. The molecule has 0 fully saturated rings. The van der Waals surface area contributed by atoms with Crippen molar-refractivity contribution in [3.05, 3.63) is 41.5 Å². The average Bonchev–Trinajstić information content (AvgIpc) is 2.68. The summed E-state index contributed by atoms with van der Waals surface area (Å²) in [5, 5.41) is 5.82. The van der Waals surface area contributed by atoms with Gasteiger partial charge in [-0.3, -0.25) is 0 Å². The summed E-state index contributed by atoms with van der Waals surface area (Å²) in [6, 6.07) is 10.3. The Balaban J connectivity index is 2.24. The molecule has 104 valence electrons. The number of esters is 1. The Hall–Kier alpha value is -2.03. The van der Waals surface area contributed by atoms with Crippen molar-refractivity contribution in [1.29, 1.82) is 0 Å². The summed E-state index contributed by atoms with van der Waals surface area (Å²) in [5.74, 6) is -0.293. The van der Waals surface area contributed by atoms with E-state index in [2.05, 4.69) is 38.2 Å². The monoisotopic (exact) mass is 269 g/mol. The summed E-state index contributed by atoms with van der Waals surface area (Å²) < 4.78 is 4.78. The van der Waals surface area contributed by atoms with Crippen LogP contribution in [0.5, 0.6) is 0 Å². The standard InChI is InChI=1S/C17H19NO2/c1-10-17(2,3)15-13-7-5-12(16(19)20-4)9-11(13)6-8-14(15)18-10/h5-10,18H,1-4H3. The average molecular weight is 269 g/mol. The first-order valence-electron chi connectivity index (χ1n) is 6.87. The Labute approximate surface area is 118 Å². The molecule has 3 rings (SSSR count). The molecule has 1 heterocycles. The third-order valence-corrected chi connectivity index (χ3v) is 4.54. The molecule has 3 nitrogen and oxygen atoms in total. The van der Waals surface area contributed by atoms with Crippen LogP contribution in [0.25, 0.3) is 10.8 Å². The third kappa shape index (κ3) is 1.69. The summed E-state index contributed by atoms with van der Waals surface area (Å²) >= 11 is 0. The number of benzene rings is 2. The Bertz CT molecular complexity index is 703. The molecule has 1 aliphatic heterocycles. The van der Waals surface area contributed by atoms with Crippen molar-refractivity contribution in [3.63, 3.8) is 0 Å². The van der Waals surface area contributed by atoms with Crippen LogP contribution < -0.4 is 5.32 Å². The summed E-state index contributed by atoms with van der Waals surface area (Å²) in [6.45, 7) is 6.71. The molecule has 0 saturated carbocycles. The van der Waals surface area contributed by atoms with Crippen molar-refractivity contribution in [1.82, 2.24) is 0 Å². The number of hydrogen-bond acceptors (Lipinski definition) is 3. The smallest absolute Gasteiger partial charge is 0.337 e. The first-order chi connectivity index (χ1) is 9.45. The van der Waals surface area contributed by atoms with Crippen LogP contribution in [0.15, 0.2) is 30.3 Å². The van der Waals surface area contributed by atoms with Crippen LogP contribution in [-0.2, 0) is 10.2 Å². The molecule has 1 aliphatic rings. The lowest BCUT2D eigenvalue weighted by Crippen LogP contribution is -2.30. The number of fused-ring (bicyclic) bond motifs is 3. The molecule has 0 spiro atoms. The van der Waals surface area contributed by atoms with Crippen LogP contribution in [0.1, 0.15) is 36.7 Å². The van der Waals surface area contributed by atoms with Crippen LogP contribution in [0.4, 0.5) is 5.69 Å². The highest BCUT2D eigenvalue weighted by Crippen LogP contribution is 2.44. The van der Waals surface area contributed by atoms with Gasteiger partial charge in [0.15, 0.2) is 0 Å².